The van der Waals surface area contributed by atoms with Crippen LogP contribution in [0.4, 0.5) is 0 Å². The highest BCUT2D eigenvalue weighted by atomic mass is 31.2. The van der Waals surface area contributed by atoms with Crippen molar-refractivity contribution in [1.29, 1.82) is 0 Å². The third kappa shape index (κ3) is 10.00. The van der Waals surface area contributed by atoms with Crippen molar-refractivity contribution < 1.29 is 36.3 Å². The molecular formula is C41H46O8P2. The van der Waals surface area contributed by atoms with Crippen molar-refractivity contribution in [2.75, 3.05) is 0 Å². The number of para-hydroxylation sites is 2. The highest BCUT2D eigenvalue weighted by Crippen LogP contribution is 2.56. The van der Waals surface area contributed by atoms with E-state index in [9.17, 15) is 9.13 Å². The van der Waals surface area contributed by atoms with Crippen LogP contribution in [0, 0.1) is 33.6 Å². The Bertz CT molecular complexity index is 2030. The largest absolute Gasteiger partial charge is 0.647 e. The summed E-state index contributed by atoms with van der Waals surface area (Å²) in [6, 6.07) is 17.5. The number of rotatable bonds is 12. The molecule has 3 aromatic rings. The molecular weight excluding hydrogens is 682 g/mol. The average molecular weight is 729 g/mol. The molecule has 8 nitrogen and oxygen atoms in total. The molecule has 0 aliphatic heterocycles. The van der Waals surface area contributed by atoms with Gasteiger partial charge in [0.2, 0.25) is 0 Å². The number of hydrogen-bond acceptors (Lipinski definition) is 8. The summed E-state index contributed by atoms with van der Waals surface area (Å²) < 4.78 is 66.3. The highest BCUT2D eigenvalue weighted by molar-refractivity contribution is 7.49. The van der Waals surface area contributed by atoms with E-state index in [1.165, 1.54) is 6.07 Å². The average Bonchev–Trinajstić information content (AvgIpc) is 3.21. The normalized spacial score (nSPS) is 21.5. The SMILES string of the molecule is CC1=CC=CC(C)C=C1OP(=O)(Oc1cccc(OP(=O)(O/C2=C(C)/C=C\C=C(\C)CC2)Oc2c(C)cccc2C)c1)Oc1c(C)cccc1C. The first-order chi connectivity index (χ1) is 24.2. The van der Waals surface area contributed by atoms with Crippen LogP contribution < -0.4 is 18.1 Å². The molecule has 3 atom stereocenters. The summed E-state index contributed by atoms with van der Waals surface area (Å²) in [5, 5.41) is 0. The molecule has 51 heavy (non-hydrogen) atoms. The van der Waals surface area contributed by atoms with Crippen molar-refractivity contribution >= 4 is 15.6 Å². The van der Waals surface area contributed by atoms with E-state index in [1.807, 2.05) is 134 Å². The molecule has 0 saturated heterocycles. The number of benzene rings is 3. The lowest BCUT2D eigenvalue weighted by atomic mass is 10.0. The van der Waals surface area contributed by atoms with Gasteiger partial charge in [-0.1, -0.05) is 91.4 Å². The maximum atomic E-state index is 14.7. The van der Waals surface area contributed by atoms with Crippen LogP contribution in [0.5, 0.6) is 23.0 Å². The van der Waals surface area contributed by atoms with Crippen molar-refractivity contribution in [3.8, 4) is 23.0 Å². The standard InChI is InChI=1S/C41H46O8P2/c1-28-14-9-16-30(3)38(25-24-28)46-50(42,48-40-32(5)18-11-19-33(40)6)44-36-22-13-23-37(27-36)45-51(43,49-41-34(7)20-12-21-35(41)8)47-39-26-29(2)15-10-17-31(39)4/h9-23,26-27,29H,24-25H2,1-8H3/b16-9-,28-14-,38-30+. The molecule has 268 valence electrons. The van der Waals surface area contributed by atoms with Crippen molar-refractivity contribution in [2.45, 2.75) is 68.2 Å². The quantitative estimate of drug-likeness (QED) is 0.170. The molecule has 2 aliphatic rings. The van der Waals surface area contributed by atoms with Crippen LogP contribution in [-0.4, -0.2) is 0 Å². The first-order valence-corrected chi connectivity index (χ1v) is 19.9. The van der Waals surface area contributed by atoms with Crippen molar-refractivity contribution in [2.24, 2.45) is 5.92 Å². The van der Waals surface area contributed by atoms with E-state index in [2.05, 4.69) is 0 Å². The molecule has 5 rings (SSSR count). The Kier molecular flexibility index (Phi) is 11.9. The fraction of sp³-hybridized carbons (Fsp3) is 0.268. The van der Waals surface area contributed by atoms with Crippen LogP contribution in [0.3, 0.4) is 0 Å². The molecule has 3 aromatic carbocycles. The van der Waals surface area contributed by atoms with Gasteiger partial charge in [-0.2, -0.15) is 9.13 Å². The van der Waals surface area contributed by atoms with E-state index in [1.54, 1.807) is 18.2 Å². The predicted octanol–water partition coefficient (Wildman–Crippen LogP) is 12.7. The van der Waals surface area contributed by atoms with E-state index < -0.39 is 15.6 Å². The molecule has 0 amide bonds. The van der Waals surface area contributed by atoms with Gasteiger partial charge in [-0.3, -0.25) is 0 Å². The molecule has 0 fully saturated rings. The summed E-state index contributed by atoms with van der Waals surface area (Å²) in [5.74, 6) is 1.84. The lowest BCUT2D eigenvalue weighted by Crippen LogP contribution is -2.09. The molecule has 0 radical (unpaired) electrons. The van der Waals surface area contributed by atoms with Crippen molar-refractivity contribution in [3.05, 3.63) is 154 Å². The Morgan fingerprint density at radius 1 is 0.608 bits per heavy atom. The summed E-state index contributed by atoms with van der Waals surface area (Å²) in [6.45, 7) is 15.2. The highest BCUT2D eigenvalue weighted by Gasteiger charge is 2.38. The van der Waals surface area contributed by atoms with Gasteiger partial charge in [0.25, 0.3) is 0 Å². The Morgan fingerprint density at radius 3 is 1.71 bits per heavy atom. The zero-order valence-electron chi connectivity index (χ0n) is 30.5. The molecule has 10 heteroatoms. The fourth-order valence-electron chi connectivity index (χ4n) is 5.47. The zero-order valence-corrected chi connectivity index (χ0v) is 32.3. The van der Waals surface area contributed by atoms with Gasteiger partial charge in [0.1, 0.15) is 34.5 Å². The second-order valence-electron chi connectivity index (χ2n) is 13.0. The van der Waals surface area contributed by atoms with Crippen LogP contribution in [-0.2, 0) is 18.2 Å². The van der Waals surface area contributed by atoms with Gasteiger partial charge < -0.3 is 27.1 Å². The van der Waals surface area contributed by atoms with Crippen LogP contribution >= 0.6 is 15.6 Å². The van der Waals surface area contributed by atoms with Crippen LogP contribution in [0.25, 0.3) is 0 Å². The van der Waals surface area contributed by atoms with Gasteiger partial charge in [0.05, 0.1) is 0 Å². The number of phosphoric acid groups is 2. The Balaban J connectivity index is 1.50. The smallest absolute Gasteiger partial charge is 0.390 e. The molecule has 0 heterocycles. The second-order valence-corrected chi connectivity index (χ2v) is 15.8. The Hall–Kier alpha value is -4.64. The van der Waals surface area contributed by atoms with Gasteiger partial charge >= 0.3 is 15.6 Å². The zero-order chi connectivity index (χ0) is 36.8. The number of allylic oxidation sites excluding steroid dienone is 11. The van der Waals surface area contributed by atoms with Crippen molar-refractivity contribution in [1.82, 2.24) is 0 Å². The van der Waals surface area contributed by atoms with E-state index >= 15 is 0 Å². The van der Waals surface area contributed by atoms with Gasteiger partial charge in [0.15, 0.2) is 0 Å². The molecule has 2 aliphatic carbocycles. The van der Waals surface area contributed by atoms with Gasteiger partial charge in [0, 0.05) is 12.5 Å². The topological polar surface area (TPSA) is 89.5 Å². The molecule has 3 unspecified atom stereocenters. The third-order valence-electron chi connectivity index (χ3n) is 8.37. The Morgan fingerprint density at radius 2 is 1.14 bits per heavy atom. The lowest BCUT2D eigenvalue weighted by molar-refractivity contribution is 0.247. The monoisotopic (exact) mass is 728 g/mol. The fourth-order valence-corrected chi connectivity index (χ4v) is 8.41. The van der Waals surface area contributed by atoms with E-state index in [-0.39, 0.29) is 17.4 Å². The summed E-state index contributed by atoms with van der Waals surface area (Å²) in [5.41, 5.74) is 5.77. The minimum atomic E-state index is -4.40. The van der Waals surface area contributed by atoms with Gasteiger partial charge in [-0.05, 0) is 112 Å². The van der Waals surface area contributed by atoms with Crippen LogP contribution in [0.1, 0.15) is 62.8 Å². The minimum Gasteiger partial charge on any atom is -0.390 e. The van der Waals surface area contributed by atoms with Gasteiger partial charge in [-0.15, -0.1) is 0 Å². The summed E-state index contributed by atoms with van der Waals surface area (Å²) in [7, 11) is -8.79. The van der Waals surface area contributed by atoms with E-state index in [0.717, 1.165) is 39.0 Å². The van der Waals surface area contributed by atoms with Crippen molar-refractivity contribution in [3.63, 3.8) is 0 Å². The number of hydrogen-bond donors (Lipinski definition) is 0. The maximum Gasteiger partial charge on any atom is 0.647 e. The van der Waals surface area contributed by atoms with E-state index in [4.69, 9.17) is 27.1 Å². The van der Waals surface area contributed by atoms with Crippen LogP contribution in [0.15, 0.2) is 131 Å². The second kappa shape index (κ2) is 16.1. The summed E-state index contributed by atoms with van der Waals surface area (Å²) >= 11 is 0. The molecule has 0 aromatic heterocycles. The maximum absolute atomic E-state index is 14.7. The first-order valence-electron chi connectivity index (χ1n) is 16.9. The van der Waals surface area contributed by atoms with Crippen LogP contribution in [0.2, 0.25) is 0 Å². The third-order valence-corrected chi connectivity index (χ3v) is 10.9. The Labute approximate surface area is 302 Å². The lowest BCUT2D eigenvalue weighted by Gasteiger charge is -2.24. The number of aryl methyl sites for hydroxylation is 4. The summed E-state index contributed by atoms with van der Waals surface area (Å²) in [6.07, 6.45) is 14.8. The number of phosphoric ester groups is 2. The summed E-state index contributed by atoms with van der Waals surface area (Å²) in [4.78, 5) is 0. The molecule has 0 bridgehead atoms. The molecule has 0 saturated carbocycles. The molecule has 0 N–H and O–H groups in total. The minimum absolute atomic E-state index is 0.0112. The van der Waals surface area contributed by atoms with E-state index in [0.29, 0.717) is 35.9 Å². The first kappa shape index (κ1) is 37.6. The molecule has 0 spiro atoms. The van der Waals surface area contributed by atoms with Gasteiger partial charge in [-0.25, -0.2) is 0 Å². The predicted molar refractivity (Wildman–Crippen MR) is 203 cm³/mol.